The number of carbonyl (C=O) groups excluding carboxylic acids is 2. The first kappa shape index (κ1) is 18.5. The van der Waals surface area contributed by atoms with Crippen LogP contribution in [0, 0.1) is 5.92 Å². The minimum atomic E-state index is -4.61. The maximum atomic E-state index is 13.2. The molecule has 1 fully saturated rings. The van der Waals surface area contributed by atoms with E-state index in [9.17, 15) is 22.8 Å². The minimum absolute atomic E-state index is 0.0721. The van der Waals surface area contributed by atoms with Gasteiger partial charge in [0.25, 0.3) is 5.91 Å². The molecule has 1 N–H and O–H groups in total. The van der Waals surface area contributed by atoms with Crippen molar-refractivity contribution in [3.63, 3.8) is 0 Å². The van der Waals surface area contributed by atoms with Crippen molar-refractivity contribution in [2.75, 3.05) is 16.8 Å². The lowest BCUT2D eigenvalue weighted by Gasteiger charge is -2.30. The van der Waals surface area contributed by atoms with Crippen LogP contribution < -0.4 is 10.2 Å². The van der Waals surface area contributed by atoms with E-state index < -0.39 is 23.2 Å². The molecule has 0 aromatic heterocycles. The highest BCUT2D eigenvalue weighted by atomic mass is 19.4. The average molecular weight is 388 g/mol. The molecule has 0 radical (unpaired) electrons. The molecule has 28 heavy (non-hydrogen) atoms. The fraction of sp³-hybridized carbons (Fsp3) is 0.333. The number of carbonyl (C=O) groups is 2. The van der Waals surface area contributed by atoms with E-state index in [1.165, 1.54) is 12.1 Å². The summed E-state index contributed by atoms with van der Waals surface area (Å²) in [5, 5.41) is 2.55. The standard InChI is InChI=1S/C21H19F3N2O2/c22-21(23,24)17-6-2-1-5-16(17)19(27)25-15-10-9-13-4-3-11-26(18(13)12-15)20(28)14-7-8-14/h1-2,5-6,9-10,12,14H,3-4,7-8,11H2,(H,25,27). The zero-order chi connectivity index (χ0) is 19.9. The second kappa shape index (κ2) is 6.96. The monoisotopic (exact) mass is 388 g/mol. The number of rotatable bonds is 3. The Kier molecular flexibility index (Phi) is 4.61. The van der Waals surface area contributed by atoms with E-state index in [0.717, 1.165) is 49.1 Å². The van der Waals surface area contributed by atoms with Gasteiger partial charge in [-0.05, 0) is 55.5 Å². The molecule has 7 heteroatoms. The van der Waals surface area contributed by atoms with Crippen molar-refractivity contribution in [2.24, 2.45) is 5.92 Å². The molecule has 2 amide bonds. The second-order valence-corrected chi connectivity index (χ2v) is 7.21. The smallest absolute Gasteiger partial charge is 0.322 e. The van der Waals surface area contributed by atoms with Crippen LogP contribution in [0.2, 0.25) is 0 Å². The fourth-order valence-electron chi connectivity index (χ4n) is 3.56. The lowest BCUT2D eigenvalue weighted by atomic mass is 10.00. The Hall–Kier alpha value is -2.83. The Morgan fingerprint density at radius 2 is 1.82 bits per heavy atom. The van der Waals surface area contributed by atoms with E-state index >= 15 is 0 Å². The number of hydrogen-bond donors (Lipinski definition) is 1. The summed E-state index contributed by atoms with van der Waals surface area (Å²) in [5.74, 6) is -0.668. The van der Waals surface area contributed by atoms with E-state index in [4.69, 9.17) is 0 Å². The number of nitrogens with one attached hydrogen (secondary N) is 1. The minimum Gasteiger partial charge on any atom is -0.322 e. The highest BCUT2D eigenvalue weighted by Crippen LogP contribution is 2.37. The summed E-state index contributed by atoms with van der Waals surface area (Å²) in [6.07, 6.45) is -1.12. The van der Waals surface area contributed by atoms with E-state index in [0.29, 0.717) is 12.2 Å². The van der Waals surface area contributed by atoms with Crippen LogP contribution in [0.5, 0.6) is 0 Å². The quantitative estimate of drug-likeness (QED) is 0.832. The van der Waals surface area contributed by atoms with Gasteiger partial charge in [-0.25, -0.2) is 0 Å². The molecule has 0 atom stereocenters. The van der Waals surface area contributed by atoms with Crippen LogP contribution in [0.4, 0.5) is 24.5 Å². The van der Waals surface area contributed by atoms with Crippen molar-refractivity contribution in [1.82, 2.24) is 0 Å². The summed E-state index contributed by atoms with van der Waals surface area (Å²) in [7, 11) is 0. The van der Waals surface area contributed by atoms with Crippen LogP contribution in [0.15, 0.2) is 42.5 Å². The topological polar surface area (TPSA) is 49.4 Å². The molecule has 4 nitrogen and oxygen atoms in total. The molecule has 0 bridgehead atoms. The van der Waals surface area contributed by atoms with E-state index in [-0.39, 0.29) is 11.8 Å². The van der Waals surface area contributed by atoms with E-state index in [1.807, 2.05) is 6.07 Å². The van der Waals surface area contributed by atoms with Crippen LogP contribution in [0.3, 0.4) is 0 Å². The number of nitrogens with zero attached hydrogens (tertiary/aromatic N) is 1. The predicted octanol–water partition coefficient (Wildman–Crippen LogP) is 4.65. The third-order valence-corrected chi connectivity index (χ3v) is 5.13. The van der Waals surface area contributed by atoms with Gasteiger partial charge >= 0.3 is 6.18 Å². The molecule has 1 aliphatic carbocycles. The summed E-state index contributed by atoms with van der Waals surface area (Å²) in [4.78, 5) is 26.8. The Balaban J connectivity index is 1.61. The van der Waals surface area contributed by atoms with Gasteiger partial charge in [0.2, 0.25) is 5.91 Å². The Bertz CT molecular complexity index is 935. The number of fused-ring (bicyclic) bond motifs is 1. The number of benzene rings is 2. The van der Waals surface area contributed by atoms with Gasteiger partial charge in [0.05, 0.1) is 11.1 Å². The predicted molar refractivity (Wildman–Crippen MR) is 99.2 cm³/mol. The maximum absolute atomic E-state index is 13.2. The first-order chi connectivity index (χ1) is 13.3. The van der Waals surface area contributed by atoms with Crippen molar-refractivity contribution < 1.29 is 22.8 Å². The highest BCUT2D eigenvalue weighted by molar-refractivity contribution is 6.06. The van der Waals surface area contributed by atoms with Gasteiger partial charge in [-0.2, -0.15) is 13.2 Å². The van der Waals surface area contributed by atoms with Crippen LogP contribution in [-0.2, 0) is 17.4 Å². The lowest BCUT2D eigenvalue weighted by molar-refractivity contribution is -0.137. The largest absolute Gasteiger partial charge is 0.417 e. The van der Waals surface area contributed by atoms with Gasteiger partial charge in [-0.3, -0.25) is 9.59 Å². The van der Waals surface area contributed by atoms with E-state index in [2.05, 4.69) is 5.32 Å². The summed E-state index contributed by atoms with van der Waals surface area (Å²) in [6.45, 7) is 0.622. The number of anilines is 2. The molecule has 1 aliphatic heterocycles. The number of hydrogen-bond acceptors (Lipinski definition) is 2. The molecule has 146 valence electrons. The van der Waals surface area contributed by atoms with Crippen molar-refractivity contribution in [2.45, 2.75) is 31.9 Å². The van der Waals surface area contributed by atoms with Crippen LogP contribution in [-0.4, -0.2) is 18.4 Å². The number of alkyl halides is 3. The molecule has 2 aromatic rings. The van der Waals surface area contributed by atoms with Gasteiger partial charge in [0.1, 0.15) is 0 Å². The first-order valence-electron chi connectivity index (χ1n) is 9.26. The van der Waals surface area contributed by atoms with Crippen LogP contribution >= 0.6 is 0 Å². The molecule has 1 saturated carbocycles. The Morgan fingerprint density at radius 1 is 1.07 bits per heavy atom. The molecule has 2 aromatic carbocycles. The van der Waals surface area contributed by atoms with Crippen molar-refractivity contribution in [1.29, 1.82) is 0 Å². The highest BCUT2D eigenvalue weighted by Gasteiger charge is 2.36. The van der Waals surface area contributed by atoms with Gasteiger partial charge in [0.15, 0.2) is 0 Å². The molecular formula is C21H19F3N2O2. The number of aryl methyl sites for hydroxylation is 1. The fourth-order valence-corrected chi connectivity index (χ4v) is 3.56. The van der Waals surface area contributed by atoms with Crippen molar-refractivity contribution in [3.8, 4) is 0 Å². The number of halogens is 3. The van der Waals surface area contributed by atoms with Crippen molar-refractivity contribution >= 4 is 23.2 Å². The van der Waals surface area contributed by atoms with Gasteiger partial charge < -0.3 is 10.2 Å². The van der Waals surface area contributed by atoms with Crippen molar-refractivity contribution in [3.05, 3.63) is 59.2 Å². The second-order valence-electron chi connectivity index (χ2n) is 7.21. The number of amides is 2. The third-order valence-electron chi connectivity index (χ3n) is 5.13. The molecule has 0 spiro atoms. The maximum Gasteiger partial charge on any atom is 0.417 e. The molecular weight excluding hydrogens is 369 g/mol. The summed E-state index contributed by atoms with van der Waals surface area (Å²) in [6, 6.07) is 9.86. The Morgan fingerprint density at radius 3 is 2.54 bits per heavy atom. The van der Waals surface area contributed by atoms with Gasteiger partial charge in [-0.15, -0.1) is 0 Å². The normalized spacial score (nSPS) is 16.5. The van der Waals surface area contributed by atoms with E-state index in [1.54, 1.807) is 17.0 Å². The lowest BCUT2D eigenvalue weighted by Crippen LogP contribution is -2.36. The van der Waals surface area contributed by atoms with Crippen LogP contribution in [0.1, 0.15) is 40.7 Å². The molecule has 4 rings (SSSR count). The van der Waals surface area contributed by atoms with Gasteiger partial charge in [0, 0.05) is 23.8 Å². The average Bonchev–Trinajstić information content (AvgIpc) is 3.51. The SMILES string of the molecule is O=C(Nc1ccc2c(c1)N(C(=O)C1CC1)CCC2)c1ccccc1C(F)(F)F. The molecule has 1 heterocycles. The molecule has 0 saturated heterocycles. The zero-order valence-corrected chi connectivity index (χ0v) is 15.1. The van der Waals surface area contributed by atoms with Gasteiger partial charge in [-0.1, -0.05) is 18.2 Å². The summed E-state index contributed by atoms with van der Waals surface area (Å²) in [5.41, 5.74) is 0.713. The summed E-state index contributed by atoms with van der Waals surface area (Å²) >= 11 is 0. The Labute approximate surface area is 160 Å². The zero-order valence-electron chi connectivity index (χ0n) is 15.1. The van der Waals surface area contributed by atoms with Crippen LogP contribution in [0.25, 0.3) is 0 Å². The molecule has 0 unspecified atom stereocenters. The summed E-state index contributed by atoms with van der Waals surface area (Å²) < 4.78 is 39.5. The molecule has 2 aliphatic rings. The third kappa shape index (κ3) is 3.61. The first-order valence-corrected chi connectivity index (χ1v) is 9.26.